The third-order valence-corrected chi connectivity index (χ3v) is 9.84. The molecule has 0 atom stereocenters. The highest BCUT2D eigenvalue weighted by atomic mass is 32.2. The van der Waals surface area contributed by atoms with Gasteiger partial charge in [-0.15, -0.1) is 4.40 Å². The molecule has 1 aromatic heterocycles. The number of nitrogens with zero attached hydrogens (tertiary/aromatic N) is 5. The summed E-state index contributed by atoms with van der Waals surface area (Å²) in [6, 6.07) is 7.41. The Morgan fingerprint density at radius 3 is 2.58 bits per heavy atom. The van der Waals surface area contributed by atoms with Crippen LogP contribution in [0.4, 0.5) is 22.2 Å². The average Bonchev–Trinajstić information content (AvgIpc) is 3.36. The van der Waals surface area contributed by atoms with Crippen LogP contribution in [0.5, 0.6) is 0 Å². The average molecular weight is 599 g/mol. The SMILES string of the molecule is O=C1/C(=C(\O)CS(=O)(=O)Nc2nc3cc([N+](=O)[O-])ccc3s2)S(=O)(=O)N=C2Sc3c(cccc3[N+](=O)[O-])N12. The van der Waals surface area contributed by atoms with Crippen LogP contribution in [0.1, 0.15) is 0 Å². The van der Waals surface area contributed by atoms with Gasteiger partial charge in [0.25, 0.3) is 27.3 Å². The minimum Gasteiger partial charge on any atom is -0.509 e. The van der Waals surface area contributed by atoms with Crippen molar-refractivity contribution in [1.82, 2.24) is 4.98 Å². The van der Waals surface area contributed by atoms with Crippen molar-refractivity contribution in [3.8, 4) is 0 Å². The van der Waals surface area contributed by atoms with Crippen molar-refractivity contribution in [2.45, 2.75) is 4.90 Å². The van der Waals surface area contributed by atoms with E-state index in [1.54, 1.807) is 0 Å². The van der Waals surface area contributed by atoms with Crippen LogP contribution in [0.3, 0.4) is 0 Å². The Morgan fingerprint density at radius 1 is 1.16 bits per heavy atom. The highest BCUT2D eigenvalue weighted by molar-refractivity contribution is 8.16. The summed E-state index contributed by atoms with van der Waals surface area (Å²) < 4.78 is 56.7. The molecule has 3 aromatic rings. The number of amides is 1. The second kappa shape index (κ2) is 8.72. The molecule has 3 heterocycles. The number of fused-ring (bicyclic) bond motifs is 4. The predicted octanol–water partition coefficient (Wildman–Crippen LogP) is 2.46. The quantitative estimate of drug-likeness (QED) is 0.180. The number of amidine groups is 1. The molecule has 0 saturated carbocycles. The fourth-order valence-corrected chi connectivity index (χ4v) is 8.25. The molecule has 2 aromatic carbocycles. The van der Waals surface area contributed by atoms with Crippen LogP contribution in [0.2, 0.25) is 0 Å². The number of nitro groups is 2. The molecule has 1 amide bonds. The van der Waals surface area contributed by atoms with Gasteiger partial charge in [-0.2, -0.15) is 8.42 Å². The summed E-state index contributed by atoms with van der Waals surface area (Å²) in [7, 11) is -9.44. The van der Waals surface area contributed by atoms with Crippen LogP contribution < -0.4 is 9.62 Å². The topological polar surface area (TPSA) is 232 Å². The van der Waals surface area contributed by atoms with Crippen molar-refractivity contribution < 1.29 is 36.6 Å². The molecule has 0 spiro atoms. The number of nitrogens with one attached hydrogen (secondary N) is 1. The van der Waals surface area contributed by atoms with Crippen LogP contribution in [0.15, 0.2) is 56.4 Å². The number of rotatable bonds is 6. The van der Waals surface area contributed by atoms with E-state index in [-0.39, 0.29) is 26.9 Å². The molecule has 16 nitrogen and oxygen atoms in total. The van der Waals surface area contributed by atoms with E-state index in [1.165, 1.54) is 24.3 Å². The maximum Gasteiger partial charge on any atom is 0.293 e. The van der Waals surface area contributed by atoms with E-state index in [0.717, 1.165) is 28.4 Å². The van der Waals surface area contributed by atoms with E-state index < -0.39 is 63.1 Å². The van der Waals surface area contributed by atoms with Crippen LogP contribution >= 0.6 is 23.1 Å². The number of thiazole rings is 1. The molecular weight excluding hydrogens is 588 g/mol. The number of sulfonamides is 2. The van der Waals surface area contributed by atoms with Crippen molar-refractivity contribution in [3.05, 3.63) is 67.3 Å². The summed E-state index contributed by atoms with van der Waals surface area (Å²) in [6.07, 6.45) is 0. The summed E-state index contributed by atoms with van der Waals surface area (Å²) in [6.45, 7) is 0. The lowest BCUT2D eigenvalue weighted by Crippen LogP contribution is -2.41. The first kappa shape index (κ1) is 25.5. The lowest BCUT2D eigenvalue weighted by atomic mass is 10.2. The number of thioether (sulfide) groups is 1. The van der Waals surface area contributed by atoms with E-state index in [4.69, 9.17) is 0 Å². The number of hydrogen-bond acceptors (Lipinski definition) is 13. The molecule has 38 heavy (non-hydrogen) atoms. The molecule has 0 bridgehead atoms. The zero-order valence-corrected chi connectivity index (χ0v) is 21.4. The maximum absolute atomic E-state index is 13.1. The molecule has 2 N–H and O–H groups in total. The first-order valence-corrected chi connectivity index (χ1v) is 14.6. The first-order valence-electron chi connectivity index (χ1n) is 9.90. The van der Waals surface area contributed by atoms with Gasteiger partial charge in [0.05, 0.1) is 25.8 Å². The highest BCUT2D eigenvalue weighted by Crippen LogP contribution is 2.48. The van der Waals surface area contributed by atoms with E-state index >= 15 is 0 Å². The zero-order valence-electron chi connectivity index (χ0n) is 18.2. The molecule has 20 heteroatoms. The van der Waals surface area contributed by atoms with Gasteiger partial charge in [0, 0.05) is 18.2 Å². The molecule has 0 fully saturated rings. The zero-order chi connectivity index (χ0) is 27.6. The molecule has 0 unspecified atom stereocenters. The molecule has 0 aliphatic carbocycles. The van der Waals surface area contributed by atoms with Gasteiger partial charge in [0.2, 0.25) is 10.0 Å². The number of benzene rings is 2. The Bertz CT molecular complexity index is 1880. The summed E-state index contributed by atoms with van der Waals surface area (Å²) in [5, 5.41) is 32.1. The second-order valence-corrected chi connectivity index (χ2v) is 12.8. The van der Waals surface area contributed by atoms with E-state index in [9.17, 15) is 47.0 Å². The minimum atomic E-state index is -4.89. The van der Waals surface area contributed by atoms with Crippen molar-refractivity contribution in [2.75, 3.05) is 15.4 Å². The lowest BCUT2D eigenvalue weighted by Gasteiger charge is -2.22. The smallest absolute Gasteiger partial charge is 0.293 e. The molecule has 196 valence electrons. The number of nitro benzene ring substituents is 2. The van der Waals surface area contributed by atoms with Gasteiger partial charge in [-0.25, -0.2) is 13.4 Å². The molecule has 0 saturated heterocycles. The van der Waals surface area contributed by atoms with E-state index in [2.05, 4.69) is 9.38 Å². The maximum atomic E-state index is 13.1. The number of aliphatic hydroxyl groups is 1. The van der Waals surface area contributed by atoms with Gasteiger partial charge in [0.15, 0.2) is 15.2 Å². The summed E-state index contributed by atoms with van der Waals surface area (Å²) in [4.78, 5) is 37.3. The number of anilines is 2. The van der Waals surface area contributed by atoms with Gasteiger partial charge in [-0.05, 0) is 23.9 Å². The summed E-state index contributed by atoms with van der Waals surface area (Å²) in [5.41, 5.74) is -0.613. The van der Waals surface area contributed by atoms with Crippen molar-refractivity contribution >= 4 is 86.6 Å². The number of carbonyl (C=O) groups excluding carboxylic acids is 1. The van der Waals surface area contributed by atoms with Crippen molar-refractivity contribution in [1.29, 1.82) is 0 Å². The fraction of sp³-hybridized carbons (Fsp3) is 0.0556. The number of carbonyl (C=O) groups is 1. The summed E-state index contributed by atoms with van der Waals surface area (Å²) in [5.74, 6) is -4.05. The van der Waals surface area contributed by atoms with Gasteiger partial charge in [0.1, 0.15) is 16.4 Å². The van der Waals surface area contributed by atoms with Crippen LogP contribution in [-0.4, -0.2) is 53.6 Å². The Balaban J connectivity index is 1.47. The van der Waals surface area contributed by atoms with Gasteiger partial charge in [-0.3, -0.25) is 34.6 Å². The number of aliphatic hydroxyl groups excluding tert-OH is 1. The van der Waals surface area contributed by atoms with E-state index in [0.29, 0.717) is 16.5 Å². The number of non-ortho nitro benzene ring substituents is 1. The van der Waals surface area contributed by atoms with Crippen molar-refractivity contribution in [2.24, 2.45) is 4.40 Å². The number of aromatic nitrogens is 1. The third-order valence-electron chi connectivity index (χ3n) is 5.06. The van der Waals surface area contributed by atoms with Gasteiger partial charge >= 0.3 is 0 Å². The normalized spacial score (nSPS) is 17.5. The molecule has 2 aliphatic rings. The number of hydrogen-bond donors (Lipinski definition) is 2. The molecule has 0 radical (unpaired) electrons. The second-order valence-electron chi connectivity index (χ2n) is 7.54. The third kappa shape index (κ3) is 4.31. The Labute approximate surface area is 219 Å². The standard InChI is InChI=1S/C18H10N6O10S4/c25-12(7-37(31,32)20-17-19-9-6-8(23(27)28)4-5-13(9)35-17)15-16(26)22-10-2-1-3-11(24(29)30)14(10)36-18(22)21-38(15,33)34/h1-6,25H,7H2,(H,19,20)/b15-12+. The Kier molecular flexibility index (Phi) is 5.85. The highest BCUT2D eigenvalue weighted by Gasteiger charge is 2.47. The Hall–Kier alpha value is -4.14. The van der Waals surface area contributed by atoms with Gasteiger partial charge < -0.3 is 5.11 Å². The lowest BCUT2D eigenvalue weighted by molar-refractivity contribution is -0.387. The van der Waals surface area contributed by atoms with Crippen LogP contribution in [0, 0.1) is 20.2 Å². The van der Waals surface area contributed by atoms with Crippen molar-refractivity contribution in [3.63, 3.8) is 0 Å². The summed E-state index contributed by atoms with van der Waals surface area (Å²) >= 11 is 1.39. The Morgan fingerprint density at radius 2 is 1.89 bits per heavy atom. The largest absolute Gasteiger partial charge is 0.509 e. The van der Waals surface area contributed by atoms with E-state index in [1.807, 2.05) is 4.72 Å². The monoisotopic (exact) mass is 598 g/mol. The van der Waals surface area contributed by atoms with Gasteiger partial charge in [-0.1, -0.05) is 17.4 Å². The minimum absolute atomic E-state index is 0.0501. The molecular formula is C18H10N6O10S4. The fourth-order valence-electron chi connectivity index (χ4n) is 3.55. The first-order chi connectivity index (χ1) is 17.8. The van der Waals surface area contributed by atoms with Crippen LogP contribution in [0.25, 0.3) is 10.2 Å². The predicted molar refractivity (Wildman–Crippen MR) is 136 cm³/mol. The van der Waals surface area contributed by atoms with Crippen LogP contribution in [-0.2, 0) is 24.8 Å². The molecule has 2 aliphatic heterocycles. The molecule has 5 rings (SSSR count).